The number of rotatable bonds is 1. The Morgan fingerprint density at radius 3 is 2.29 bits per heavy atom. The van der Waals surface area contributed by atoms with Crippen molar-refractivity contribution in [1.29, 1.82) is 0 Å². The lowest BCUT2D eigenvalue weighted by Gasteiger charge is -2.06. The van der Waals surface area contributed by atoms with Crippen LogP contribution >= 0.6 is 0 Å². The minimum Gasteiger partial charge on any atom is -0.398 e. The lowest BCUT2D eigenvalue weighted by atomic mass is 10.1. The first kappa shape index (κ1) is 11.3. The summed E-state index contributed by atoms with van der Waals surface area (Å²) in [7, 11) is 0. The van der Waals surface area contributed by atoms with Crippen molar-refractivity contribution in [3.8, 4) is 11.8 Å². The molecule has 1 atom stereocenters. The van der Waals surface area contributed by atoms with E-state index in [1.165, 1.54) is 0 Å². The molecule has 0 heterocycles. The summed E-state index contributed by atoms with van der Waals surface area (Å²) >= 11 is 0. The lowest BCUT2D eigenvalue weighted by Crippen LogP contribution is -1.99. The van der Waals surface area contributed by atoms with Crippen molar-refractivity contribution in [2.45, 2.75) is 6.10 Å². The topological polar surface area (TPSA) is 46.2 Å². The Kier molecular flexibility index (Phi) is 3.44. The molecule has 0 aromatic heterocycles. The molecule has 3 N–H and O–H groups in total. The molecule has 0 spiro atoms. The maximum absolute atomic E-state index is 9.91. The van der Waals surface area contributed by atoms with Crippen LogP contribution in [0.5, 0.6) is 0 Å². The second-order valence-corrected chi connectivity index (χ2v) is 3.67. The van der Waals surface area contributed by atoms with Crippen molar-refractivity contribution in [3.63, 3.8) is 0 Å². The molecule has 2 heteroatoms. The molecule has 0 saturated heterocycles. The van der Waals surface area contributed by atoms with Gasteiger partial charge in [0.2, 0.25) is 0 Å². The van der Waals surface area contributed by atoms with Crippen LogP contribution in [0, 0.1) is 11.8 Å². The predicted molar refractivity (Wildman–Crippen MR) is 69.1 cm³/mol. The fourth-order valence-corrected chi connectivity index (χ4v) is 1.51. The van der Waals surface area contributed by atoms with Crippen LogP contribution in [0.25, 0.3) is 0 Å². The van der Waals surface area contributed by atoms with Crippen molar-refractivity contribution in [2.24, 2.45) is 0 Å². The quantitative estimate of drug-likeness (QED) is 0.576. The van der Waals surface area contributed by atoms with E-state index in [9.17, 15) is 5.11 Å². The van der Waals surface area contributed by atoms with Crippen molar-refractivity contribution in [3.05, 3.63) is 65.7 Å². The summed E-state index contributed by atoms with van der Waals surface area (Å²) in [6.07, 6.45) is -0.851. The highest BCUT2D eigenvalue weighted by Crippen LogP contribution is 2.18. The molecule has 0 aliphatic carbocycles. The van der Waals surface area contributed by atoms with Gasteiger partial charge in [0, 0.05) is 16.8 Å². The monoisotopic (exact) mass is 223 g/mol. The first-order chi connectivity index (χ1) is 8.27. The molecule has 84 valence electrons. The maximum atomic E-state index is 9.91. The van der Waals surface area contributed by atoms with Gasteiger partial charge in [0.25, 0.3) is 0 Å². The van der Waals surface area contributed by atoms with E-state index >= 15 is 0 Å². The average molecular weight is 223 g/mol. The molecule has 0 saturated carbocycles. The van der Waals surface area contributed by atoms with Gasteiger partial charge in [-0.1, -0.05) is 48.2 Å². The first-order valence-corrected chi connectivity index (χ1v) is 5.36. The number of benzene rings is 2. The van der Waals surface area contributed by atoms with E-state index in [1.54, 1.807) is 12.1 Å². The number of nitrogens with two attached hydrogens (primary N) is 1. The van der Waals surface area contributed by atoms with Crippen molar-refractivity contribution < 1.29 is 5.11 Å². The highest BCUT2D eigenvalue weighted by atomic mass is 16.3. The lowest BCUT2D eigenvalue weighted by molar-refractivity contribution is 0.239. The van der Waals surface area contributed by atoms with E-state index in [2.05, 4.69) is 11.8 Å². The standard InChI is InChI=1S/C15H13NO/c16-14-9-5-4-8-13(14)15(17)11-10-12-6-2-1-3-7-12/h1-9,15,17H,16H2. The van der Waals surface area contributed by atoms with Gasteiger partial charge in [-0.05, 0) is 18.2 Å². The zero-order valence-electron chi connectivity index (χ0n) is 9.30. The normalized spacial score (nSPS) is 11.4. The zero-order valence-corrected chi connectivity index (χ0v) is 9.30. The third kappa shape index (κ3) is 2.87. The van der Waals surface area contributed by atoms with E-state index < -0.39 is 6.10 Å². The molecule has 17 heavy (non-hydrogen) atoms. The zero-order chi connectivity index (χ0) is 12.1. The van der Waals surface area contributed by atoms with Gasteiger partial charge in [0.1, 0.15) is 6.10 Å². The van der Waals surface area contributed by atoms with Gasteiger partial charge in [-0.25, -0.2) is 0 Å². The fraction of sp³-hybridized carbons (Fsp3) is 0.0667. The minimum atomic E-state index is -0.851. The van der Waals surface area contributed by atoms with Gasteiger partial charge in [-0.2, -0.15) is 0 Å². The number of para-hydroxylation sites is 1. The number of nitrogen functional groups attached to an aromatic ring is 1. The number of anilines is 1. The summed E-state index contributed by atoms with van der Waals surface area (Å²) in [4.78, 5) is 0. The predicted octanol–water partition coefficient (Wildman–Crippen LogP) is 2.35. The second-order valence-electron chi connectivity index (χ2n) is 3.67. The van der Waals surface area contributed by atoms with Crippen molar-refractivity contribution >= 4 is 5.69 Å². The Morgan fingerprint density at radius 1 is 0.941 bits per heavy atom. The second kappa shape index (κ2) is 5.20. The molecule has 0 radical (unpaired) electrons. The molecule has 1 unspecified atom stereocenters. The summed E-state index contributed by atoms with van der Waals surface area (Å²) in [5.41, 5.74) is 7.85. The van der Waals surface area contributed by atoms with Gasteiger partial charge in [0.15, 0.2) is 0 Å². The Labute approximate surface area is 101 Å². The smallest absolute Gasteiger partial charge is 0.142 e. The van der Waals surface area contributed by atoms with E-state index in [0.29, 0.717) is 11.3 Å². The van der Waals surface area contributed by atoms with Crippen LogP contribution in [0.1, 0.15) is 17.2 Å². The summed E-state index contributed by atoms with van der Waals surface area (Å²) in [6, 6.07) is 16.7. The number of aliphatic hydroxyl groups is 1. The number of hydrogen-bond acceptors (Lipinski definition) is 2. The molecule has 0 bridgehead atoms. The average Bonchev–Trinajstić information content (AvgIpc) is 2.38. The van der Waals surface area contributed by atoms with Gasteiger partial charge in [-0.3, -0.25) is 0 Å². The molecule has 2 rings (SSSR count). The van der Waals surface area contributed by atoms with E-state index in [4.69, 9.17) is 5.73 Å². The van der Waals surface area contributed by atoms with Crippen LogP contribution in [0.2, 0.25) is 0 Å². The van der Waals surface area contributed by atoms with E-state index in [-0.39, 0.29) is 0 Å². The molecule has 0 aliphatic heterocycles. The van der Waals surface area contributed by atoms with Gasteiger partial charge < -0.3 is 10.8 Å². The molecule has 2 aromatic carbocycles. The molecular formula is C15H13NO. The number of aliphatic hydroxyl groups excluding tert-OH is 1. The Morgan fingerprint density at radius 2 is 1.59 bits per heavy atom. The highest BCUT2D eigenvalue weighted by molar-refractivity contribution is 5.50. The van der Waals surface area contributed by atoms with Gasteiger partial charge >= 0.3 is 0 Å². The SMILES string of the molecule is Nc1ccccc1C(O)C#Cc1ccccc1. The van der Waals surface area contributed by atoms with Gasteiger partial charge in [-0.15, -0.1) is 0 Å². The molecule has 2 nitrogen and oxygen atoms in total. The summed E-state index contributed by atoms with van der Waals surface area (Å²) in [6.45, 7) is 0. The first-order valence-electron chi connectivity index (χ1n) is 5.36. The highest BCUT2D eigenvalue weighted by Gasteiger charge is 2.06. The Hall–Kier alpha value is -2.24. The summed E-state index contributed by atoms with van der Waals surface area (Å²) in [5.74, 6) is 5.70. The molecule has 2 aromatic rings. The van der Waals surface area contributed by atoms with Crippen LogP contribution < -0.4 is 5.73 Å². The van der Waals surface area contributed by atoms with Crippen molar-refractivity contribution in [2.75, 3.05) is 5.73 Å². The molecular weight excluding hydrogens is 210 g/mol. The third-order valence-corrected chi connectivity index (χ3v) is 2.42. The molecule has 0 aliphatic rings. The summed E-state index contributed by atoms with van der Waals surface area (Å²) in [5, 5.41) is 9.91. The van der Waals surface area contributed by atoms with Gasteiger partial charge in [0.05, 0.1) is 0 Å². The largest absolute Gasteiger partial charge is 0.398 e. The van der Waals surface area contributed by atoms with Crippen molar-refractivity contribution in [1.82, 2.24) is 0 Å². The Bertz CT molecular complexity index is 552. The van der Waals surface area contributed by atoms with Crippen LogP contribution in [0.4, 0.5) is 5.69 Å². The minimum absolute atomic E-state index is 0.558. The van der Waals surface area contributed by atoms with E-state index in [0.717, 1.165) is 5.56 Å². The van der Waals surface area contributed by atoms with Crippen LogP contribution in [0.3, 0.4) is 0 Å². The van der Waals surface area contributed by atoms with Crippen LogP contribution in [0.15, 0.2) is 54.6 Å². The third-order valence-electron chi connectivity index (χ3n) is 2.42. The molecule has 0 fully saturated rings. The fourth-order valence-electron chi connectivity index (χ4n) is 1.51. The number of hydrogen-bond donors (Lipinski definition) is 2. The molecule has 0 amide bonds. The summed E-state index contributed by atoms with van der Waals surface area (Å²) < 4.78 is 0. The maximum Gasteiger partial charge on any atom is 0.142 e. The Balaban J connectivity index is 2.21. The van der Waals surface area contributed by atoms with Crippen LogP contribution in [-0.2, 0) is 0 Å². The van der Waals surface area contributed by atoms with Crippen LogP contribution in [-0.4, -0.2) is 5.11 Å². The van der Waals surface area contributed by atoms with E-state index in [1.807, 2.05) is 42.5 Å².